The number of rotatable bonds is 8. The number of ether oxygens (including phenoxy) is 1. The minimum atomic E-state index is -0.776. The molecule has 1 saturated heterocycles. The average molecular weight is 589 g/mol. The van der Waals surface area contributed by atoms with E-state index in [-0.39, 0.29) is 18.4 Å². The third-order valence-electron chi connectivity index (χ3n) is 6.89. The fourth-order valence-corrected chi connectivity index (χ4v) is 6.65. The van der Waals surface area contributed by atoms with Crippen LogP contribution in [0.3, 0.4) is 0 Å². The third-order valence-corrected chi connectivity index (χ3v) is 8.91. The van der Waals surface area contributed by atoms with Gasteiger partial charge in [-0.15, -0.1) is 23.1 Å². The van der Waals surface area contributed by atoms with Gasteiger partial charge in [0.15, 0.2) is 5.13 Å². The number of nitrogens with one attached hydrogen (secondary N) is 2. The van der Waals surface area contributed by atoms with Crippen LogP contribution in [-0.4, -0.2) is 55.2 Å². The second-order valence-corrected chi connectivity index (χ2v) is 11.9. The number of benzene rings is 2. The van der Waals surface area contributed by atoms with E-state index in [2.05, 4.69) is 20.6 Å². The summed E-state index contributed by atoms with van der Waals surface area (Å²) in [5.41, 5.74) is 2.98. The molecule has 0 bridgehead atoms. The summed E-state index contributed by atoms with van der Waals surface area (Å²) in [7, 11) is 1.85. The van der Waals surface area contributed by atoms with Crippen LogP contribution in [0.1, 0.15) is 40.0 Å². The fraction of sp³-hybridized carbons (Fsp3) is 0.276. The van der Waals surface area contributed by atoms with Gasteiger partial charge in [0.25, 0.3) is 5.91 Å². The van der Waals surface area contributed by atoms with Gasteiger partial charge in [-0.05, 0) is 30.5 Å². The molecular weight excluding hydrogens is 560 g/mol. The first kappa shape index (κ1) is 27.0. The maximum atomic E-state index is 13.5. The highest BCUT2D eigenvalue weighted by Crippen LogP contribution is 2.41. The van der Waals surface area contributed by atoms with Crippen molar-refractivity contribution in [2.75, 3.05) is 11.1 Å². The summed E-state index contributed by atoms with van der Waals surface area (Å²) in [5, 5.41) is 7.66. The lowest BCUT2D eigenvalue weighted by atomic mass is 10.1. The van der Waals surface area contributed by atoms with Crippen LogP contribution in [0.5, 0.6) is 0 Å². The largest absolute Gasteiger partial charge is 0.444 e. The van der Waals surface area contributed by atoms with Crippen molar-refractivity contribution in [3.8, 4) is 11.3 Å². The maximum Gasteiger partial charge on any atom is 0.412 e. The van der Waals surface area contributed by atoms with E-state index in [0.717, 1.165) is 24.0 Å². The van der Waals surface area contributed by atoms with Crippen molar-refractivity contribution in [3.63, 3.8) is 0 Å². The number of thiazole rings is 1. The topological polar surface area (TPSA) is 118 Å². The van der Waals surface area contributed by atoms with Gasteiger partial charge in [0.1, 0.15) is 23.8 Å². The van der Waals surface area contributed by atoms with Gasteiger partial charge in [-0.2, -0.15) is 0 Å². The Bertz CT molecular complexity index is 1550. The highest BCUT2D eigenvalue weighted by molar-refractivity contribution is 7.99. The number of hydrogen-bond acceptors (Lipinski definition) is 8. The second-order valence-electron chi connectivity index (χ2n) is 9.90. The Hall–Kier alpha value is -4.16. The molecule has 2 N–H and O–H groups in total. The van der Waals surface area contributed by atoms with Gasteiger partial charge in [-0.1, -0.05) is 42.5 Å². The molecule has 0 radical (unpaired) electrons. The van der Waals surface area contributed by atoms with E-state index in [9.17, 15) is 14.4 Å². The molecule has 2 aliphatic rings. The summed E-state index contributed by atoms with van der Waals surface area (Å²) in [6.45, 7) is 0.0966. The average Bonchev–Trinajstić information content (AvgIpc) is 3.33. The molecule has 210 valence electrons. The number of amides is 3. The van der Waals surface area contributed by atoms with Crippen molar-refractivity contribution in [2.45, 2.75) is 36.9 Å². The zero-order valence-corrected chi connectivity index (χ0v) is 23.9. The van der Waals surface area contributed by atoms with Crippen LogP contribution in [-0.2, 0) is 23.2 Å². The van der Waals surface area contributed by atoms with Crippen LogP contribution in [0.15, 0.2) is 72.4 Å². The van der Waals surface area contributed by atoms with Gasteiger partial charge in [0.2, 0.25) is 5.91 Å². The molecule has 10 nitrogen and oxygen atoms in total. The summed E-state index contributed by atoms with van der Waals surface area (Å²) in [6, 6.07) is 16.2. The van der Waals surface area contributed by atoms with Gasteiger partial charge >= 0.3 is 6.09 Å². The van der Waals surface area contributed by atoms with Crippen LogP contribution < -0.4 is 10.6 Å². The molecule has 1 aliphatic carbocycles. The summed E-state index contributed by atoms with van der Waals surface area (Å²) < 4.78 is 7.48. The number of carbonyl (C=O) groups excluding carboxylic acids is 3. The van der Waals surface area contributed by atoms with E-state index in [1.54, 1.807) is 24.5 Å². The first-order valence-electron chi connectivity index (χ1n) is 13.2. The van der Waals surface area contributed by atoms with E-state index >= 15 is 0 Å². The molecule has 4 aromatic rings. The van der Waals surface area contributed by atoms with Gasteiger partial charge < -0.3 is 19.9 Å². The molecule has 2 aromatic carbocycles. The predicted octanol–water partition coefficient (Wildman–Crippen LogP) is 4.83. The highest BCUT2D eigenvalue weighted by atomic mass is 32.2. The molecule has 6 rings (SSSR count). The van der Waals surface area contributed by atoms with Crippen molar-refractivity contribution in [1.29, 1.82) is 0 Å². The highest BCUT2D eigenvalue weighted by Gasteiger charge is 2.45. The molecule has 3 amide bonds. The van der Waals surface area contributed by atoms with E-state index in [1.165, 1.54) is 28.0 Å². The van der Waals surface area contributed by atoms with Crippen molar-refractivity contribution in [2.24, 2.45) is 7.05 Å². The monoisotopic (exact) mass is 588 g/mol. The van der Waals surface area contributed by atoms with Gasteiger partial charge in [0, 0.05) is 47.7 Å². The Labute approximate surface area is 245 Å². The lowest BCUT2D eigenvalue weighted by Crippen LogP contribution is -2.46. The molecule has 1 aliphatic heterocycles. The molecule has 1 unspecified atom stereocenters. The minimum Gasteiger partial charge on any atom is -0.444 e. The number of thioether (sulfide) groups is 1. The van der Waals surface area contributed by atoms with Crippen LogP contribution >= 0.6 is 23.1 Å². The number of imidazole rings is 1. The Morgan fingerprint density at radius 2 is 1.85 bits per heavy atom. The molecule has 12 heteroatoms. The molecule has 0 spiro atoms. The molecule has 3 heterocycles. The molecule has 2 atom stereocenters. The standard InChI is InChI=1S/C29H28N6O4S2/c1-34-14-13-30-24(34)27-35(29(38)39-15-18-5-3-2-4-6-18)23(17-40-27)26(37)33-28-32-22(16-41-28)19-7-9-20(10-8-19)25(36)31-21-11-12-21/h2-10,13-14,16,21,23,27H,11-12,15,17H2,1H3,(H,31,36)(H,32,33,37)/t23-,27?/m0/s1. The maximum absolute atomic E-state index is 13.5. The predicted molar refractivity (Wildman–Crippen MR) is 157 cm³/mol. The van der Waals surface area contributed by atoms with E-state index in [1.807, 2.05) is 59.5 Å². The normalized spacial score (nSPS) is 18.2. The first-order valence-corrected chi connectivity index (χ1v) is 15.1. The third kappa shape index (κ3) is 6.13. The number of anilines is 1. The number of carbonyl (C=O) groups is 3. The smallest absolute Gasteiger partial charge is 0.412 e. The van der Waals surface area contributed by atoms with Gasteiger partial charge in [-0.25, -0.2) is 14.8 Å². The van der Waals surface area contributed by atoms with Crippen molar-refractivity contribution >= 4 is 46.1 Å². The zero-order chi connectivity index (χ0) is 28.3. The van der Waals surface area contributed by atoms with Gasteiger partial charge in [0.05, 0.1) is 5.69 Å². The summed E-state index contributed by atoms with van der Waals surface area (Å²) >= 11 is 2.76. The first-order chi connectivity index (χ1) is 20.0. The Morgan fingerprint density at radius 3 is 2.56 bits per heavy atom. The second kappa shape index (κ2) is 11.8. The zero-order valence-electron chi connectivity index (χ0n) is 22.2. The lowest BCUT2D eigenvalue weighted by Gasteiger charge is -2.27. The summed E-state index contributed by atoms with van der Waals surface area (Å²) in [6.07, 6.45) is 4.96. The molecule has 2 fully saturated rings. The molecular formula is C29H28N6O4S2. The molecule has 2 aromatic heterocycles. The molecule has 1 saturated carbocycles. The SMILES string of the molecule is Cn1ccnc1C1SC[C@@H](C(=O)Nc2nc(-c3ccc(C(=O)NC4CC4)cc3)cs2)N1C(=O)OCc1ccccc1. The van der Waals surface area contributed by atoms with Gasteiger partial charge in [-0.3, -0.25) is 14.5 Å². The fourth-order valence-electron chi connectivity index (χ4n) is 4.48. The van der Waals surface area contributed by atoms with Crippen molar-refractivity contribution in [3.05, 3.63) is 89.3 Å². The van der Waals surface area contributed by atoms with E-state index < -0.39 is 17.5 Å². The quantitative estimate of drug-likeness (QED) is 0.303. The Balaban J connectivity index is 1.15. The number of aromatic nitrogens is 3. The Kier molecular flexibility index (Phi) is 7.75. The van der Waals surface area contributed by atoms with Crippen LogP contribution in [0, 0.1) is 0 Å². The Morgan fingerprint density at radius 1 is 1.07 bits per heavy atom. The minimum absolute atomic E-state index is 0.0737. The van der Waals surface area contributed by atoms with Crippen LogP contribution in [0.25, 0.3) is 11.3 Å². The van der Waals surface area contributed by atoms with Crippen LogP contribution in [0.4, 0.5) is 9.93 Å². The van der Waals surface area contributed by atoms with E-state index in [4.69, 9.17) is 4.74 Å². The lowest BCUT2D eigenvalue weighted by molar-refractivity contribution is -0.120. The van der Waals surface area contributed by atoms with Crippen molar-refractivity contribution < 1.29 is 19.1 Å². The summed E-state index contributed by atoms with van der Waals surface area (Å²) in [4.78, 5) is 49.6. The number of aryl methyl sites for hydroxylation is 1. The number of hydrogen-bond donors (Lipinski definition) is 2. The van der Waals surface area contributed by atoms with Crippen molar-refractivity contribution in [1.82, 2.24) is 24.8 Å². The van der Waals surface area contributed by atoms with Crippen LogP contribution in [0.2, 0.25) is 0 Å². The number of nitrogens with zero attached hydrogens (tertiary/aromatic N) is 4. The van der Waals surface area contributed by atoms with E-state index in [0.29, 0.717) is 34.0 Å². The molecule has 41 heavy (non-hydrogen) atoms. The summed E-state index contributed by atoms with van der Waals surface area (Å²) in [5.74, 6) is 0.619.